The molecule has 0 spiro atoms. The number of nitrogens with one attached hydrogen (secondary N) is 2. The maximum atomic E-state index is 12.1. The Bertz CT molecular complexity index is 1380. The third-order valence-corrected chi connectivity index (χ3v) is 6.20. The molecule has 35 heavy (non-hydrogen) atoms. The van der Waals surface area contributed by atoms with E-state index in [1.54, 1.807) is 18.5 Å². The molecule has 9 nitrogen and oxygen atoms in total. The molecule has 0 radical (unpaired) electrons. The lowest BCUT2D eigenvalue weighted by Crippen LogP contribution is -2.34. The molecule has 5 rings (SSSR count). The van der Waals surface area contributed by atoms with Gasteiger partial charge in [-0.15, -0.1) is 0 Å². The zero-order valence-electron chi connectivity index (χ0n) is 19.8. The summed E-state index contributed by atoms with van der Waals surface area (Å²) in [4.78, 5) is 20.4. The van der Waals surface area contributed by atoms with Gasteiger partial charge in [0.1, 0.15) is 5.75 Å². The van der Waals surface area contributed by atoms with Gasteiger partial charge < -0.3 is 31.4 Å². The number of hydrogen-bond donors (Lipinski definition) is 4. The van der Waals surface area contributed by atoms with E-state index >= 15 is 0 Å². The topological polar surface area (TPSA) is 133 Å². The first-order chi connectivity index (χ1) is 16.9. The summed E-state index contributed by atoms with van der Waals surface area (Å²) in [6, 6.07) is 13.5. The Morgan fingerprint density at radius 1 is 1.11 bits per heavy atom. The summed E-state index contributed by atoms with van der Waals surface area (Å²) in [6.45, 7) is 3.80. The molecule has 2 aromatic heterocycles. The van der Waals surface area contributed by atoms with Crippen molar-refractivity contribution in [3.63, 3.8) is 0 Å². The van der Waals surface area contributed by atoms with Gasteiger partial charge in [0.15, 0.2) is 0 Å². The number of nitrogen functional groups attached to an aromatic ring is 2. The van der Waals surface area contributed by atoms with Gasteiger partial charge >= 0.3 is 12.0 Å². The van der Waals surface area contributed by atoms with E-state index < -0.39 is 0 Å². The Morgan fingerprint density at radius 2 is 1.89 bits per heavy atom. The van der Waals surface area contributed by atoms with Crippen molar-refractivity contribution >= 4 is 34.0 Å². The quantitative estimate of drug-likeness (QED) is 0.282. The van der Waals surface area contributed by atoms with Gasteiger partial charge in [-0.05, 0) is 63.4 Å². The summed E-state index contributed by atoms with van der Waals surface area (Å²) in [6.07, 6.45) is 6.61. The van der Waals surface area contributed by atoms with Crippen LogP contribution in [0.2, 0.25) is 0 Å². The second-order valence-electron chi connectivity index (χ2n) is 9.08. The molecule has 1 saturated carbocycles. The molecule has 1 aliphatic rings. The van der Waals surface area contributed by atoms with Crippen LogP contribution in [0.15, 0.2) is 54.9 Å². The van der Waals surface area contributed by atoms with Crippen molar-refractivity contribution in [1.29, 1.82) is 0 Å². The number of benzene rings is 2. The van der Waals surface area contributed by atoms with Gasteiger partial charge in [-0.1, -0.05) is 6.07 Å². The fourth-order valence-electron chi connectivity index (χ4n) is 4.39. The molecule has 0 unspecified atom stereocenters. The first kappa shape index (κ1) is 22.5. The van der Waals surface area contributed by atoms with Crippen molar-refractivity contribution < 1.29 is 9.53 Å². The third kappa shape index (κ3) is 4.44. The second kappa shape index (κ2) is 9.17. The average molecular weight is 472 g/mol. The predicted molar refractivity (Wildman–Crippen MR) is 138 cm³/mol. The fraction of sp³-hybridized carbons (Fsp3) is 0.269. The van der Waals surface area contributed by atoms with Gasteiger partial charge in [0.2, 0.25) is 0 Å². The van der Waals surface area contributed by atoms with Crippen molar-refractivity contribution in [2.75, 3.05) is 16.8 Å². The fourth-order valence-corrected chi connectivity index (χ4v) is 4.39. The van der Waals surface area contributed by atoms with Crippen LogP contribution in [0.5, 0.6) is 11.8 Å². The van der Waals surface area contributed by atoms with Gasteiger partial charge in [-0.2, -0.15) is 0 Å². The highest BCUT2D eigenvalue weighted by molar-refractivity contribution is 6.02. The van der Waals surface area contributed by atoms with E-state index in [0.717, 1.165) is 35.0 Å². The van der Waals surface area contributed by atoms with Crippen molar-refractivity contribution in [3.8, 4) is 23.0 Å². The molecule has 9 heteroatoms. The summed E-state index contributed by atoms with van der Waals surface area (Å²) in [7, 11) is 0. The lowest BCUT2D eigenvalue weighted by atomic mass is 9.92. The summed E-state index contributed by atoms with van der Waals surface area (Å²) < 4.78 is 8.18. The van der Waals surface area contributed by atoms with Gasteiger partial charge in [0.05, 0.1) is 28.3 Å². The number of nitrogens with two attached hydrogens (primary N) is 2. The number of fused-ring (bicyclic) bond motifs is 1. The largest absolute Gasteiger partial charge is 0.424 e. The summed E-state index contributed by atoms with van der Waals surface area (Å²) in [5.41, 5.74) is 17.6. The molecule has 1 fully saturated rings. The van der Waals surface area contributed by atoms with E-state index in [4.69, 9.17) is 16.2 Å². The average Bonchev–Trinajstić information content (AvgIpc) is 3.06. The van der Waals surface area contributed by atoms with Crippen LogP contribution in [-0.4, -0.2) is 26.6 Å². The first-order valence-electron chi connectivity index (χ1n) is 11.8. The van der Waals surface area contributed by atoms with Crippen molar-refractivity contribution in [1.82, 2.24) is 19.9 Å². The monoisotopic (exact) mass is 471 g/mol. The van der Waals surface area contributed by atoms with Crippen molar-refractivity contribution in [3.05, 3.63) is 54.9 Å². The van der Waals surface area contributed by atoms with E-state index in [9.17, 15) is 4.79 Å². The SMILES string of the molecule is CC(C)NC(=O)Nc1ccc(-c2c(N)c3ccc(Oc4ncccn4)cc3n2C2CCC2)cc1N. The predicted octanol–water partition coefficient (Wildman–Crippen LogP) is 5.31. The summed E-state index contributed by atoms with van der Waals surface area (Å²) in [5, 5.41) is 6.56. The number of ether oxygens (including phenoxy) is 1. The number of anilines is 3. The van der Waals surface area contributed by atoms with Gasteiger partial charge in [-0.3, -0.25) is 0 Å². The Hall–Kier alpha value is -4.27. The Morgan fingerprint density at radius 3 is 2.54 bits per heavy atom. The van der Waals surface area contributed by atoms with Crippen LogP contribution in [0.1, 0.15) is 39.2 Å². The minimum atomic E-state index is -0.294. The van der Waals surface area contributed by atoms with Crippen LogP contribution in [0, 0.1) is 0 Å². The number of carbonyl (C=O) groups excluding carboxylic acids is 1. The molecule has 0 aliphatic heterocycles. The third-order valence-electron chi connectivity index (χ3n) is 6.20. The number of nitrogens with zero attached hydrogens (tertiary/aromatic N) is 3. The van der Waals surface area contributed by atoms with E-state index in [0.29, 0.717) is 34.9 Å². The highest BCUT2D eigenvalue weighted by Gasteiger charge is 2.27. The molecular formula is C26H29N7O2. The standard InChI is InChI=1S/C26H29N7O2/c1-15(2)31-25(34)32-21-10-7-16(13-20(21)27)24-23(28)19-9-8-18(35-26-29-11-4-12-30-26)14-22(19)33(24)17-5-3-6-17/h4,7-15,17H,3,5-6,27-28H2,1-2H3,(H2,31,32,34). The van der Waals surface area contributed by atoms with Gasteiger partial charge in [0, 0.05) is 41.5 Å². The molecule has 180 valence electrons. The maximum absolute atomic E-state index is 12.1. The maximum Gasteiger partial charge on any atom is 0.321 e. The molecule has 4 aromatic rings. The molecular weight excluding hydrogens is 442 g/mol. The van der Waals surface area contributed by atoms with Gasteiger partial charge in [0.25, 0.3) is 0 Å². The number of amides is 2. The summed E-state index contributed by atoms with van der Waals surface area (Å²) >= 11 is 0. The Kier molecular flexibility index (Phi) is 5.90. The minimum Gasteiger partial charge on any atom is -0.424 e. The molecule has 6 N–H and O–H groups in total. The number of urea groups is 1. The van der Waals surface area contributed by atoms with Crippen molar-refractivity contribution in [2.45, 2.75) is 45.2 Å². The molecule has 2 aromatic carbocycles. The van der Waals surface area contributed by atoms with Crippen LogP contribution >= 0.6 is 0 Å². The zero-order chi connectivity index (χ0) is 24.5. The molecule has 2 amide bonds. The first-order valence-corrected chi connectivity index (χ1v) is 11.8. The highest BCUT2D eigenvalue weighted by atomic mass is 16.5. The zero-order valence-corrected chi connectivity index (χ0v) is 19.8. The van der Waals surface area contributed by atoms with E-state index in [2.05, 4.69) is 25.2 Å². The lowest BCUT2D eigenvalue weighted by molar-refractivity contribution is 0.250. The number of aromatic nitrogens is 3. The molecule has 1 aliphatic carbocycles. The van der Waals surface area contributed by atoms with Crippen LogP contribution in [0.4, 0.5) is 21.9 Å². The van der Waals surface area contributed by atoms with Crippen molar-refractivity contribution in [2.24, 2.45) is 0 Å². The van der Waals surface area contributed by atoms with Crippen LogP contribution in [0.3, 0.4) is 0 Å². The normalized spacial score (nSPS) is 13.6. The summed E-state index contributed by atoms with van der Waals surface area (Å²) in [5.74, 6) is 0.642. The number of rotatable bonds is 6. The minimum absolute atomic E-state index is 0.0239. The Balaban J connectivity index is 1.55. The van der Waals surface area contributed by atoms with Crippen LogP contribution < -0.4 is 26.8 Å². The van der Waals surface area contributed by atoms with Gasteiger partial charge in [-0.25, -0.2) is 14.8 Å². The second-order valence-corrected chi connectivity index (χ2v) is 9.08. The smallest absolute Gasteiger partial charge is 0.321 e. The van der Waals surface area contributed by atoms with Crippen LogP contribution in [-0.2, 0) is 0 Å². The lowest BCUT2D eigenvalue weighted by Gasteiger charge is -2.30. The van der Waals surface area contributed by atoms with E-state index in [1.807, 2.05) is 50.2 Å². The van der Waals surface area contributed by atoms with E-state index in [1.165, 1.54) is 6.42 Å². The van der Waals surface area contributed by atoms with E-state index in [-0.39, 0.29) is 12.1 Å². The van der Waals surface area contributed by atoms with Crippen LogP contribution in [0.25, 0.3) is 22.2 Å². The molecule has 0 saturated heterocycles. The highest BCUT2D eigenvalue weighted by Crippen LogP contribution is 2.45. The molecule has 0 atom stereocenters. The number of hydrogen-bond acceptors (Lipinski definition) is 6. The molecule has 0 bridgehead atoms. The number of carbonyl (C=O) groups is 1. The molecule has 2 heterocycles. The Labute approximate surface area is 203 Å².